The van der Waals surface area contributed by atoms with Crippen molar-refractivity contribution >= 4 is 34.8 Å². The standard InChI is InChI=1S/C25H27FN4O4/c26-18-5-7-19(8-6-18)27-23(31)16-30-22-15-17(24(32)28-11-13-34-14-12-28)4-9-20(22)29-10-2-1-3-21(29)25(30)33/h4-9,15,21H,1-3,10-14,16H2,(H,27,31). The Hall–Kier alpha value is -3.46. The second kappa shape index (κ2) is 9.42. The van der Waals surface area contributed by atoms with E-state index >= 15 is 0 Å². The minimum Gasteiger partial charge on any atom is -0.378 e. The summed E-state index contributed by atoms with van der Waals surface area (Å²) >= 11 is 0. The number of carbonyl (C=O) groups is 3. The molecule has 0 bridgehead atoms. The SMILES string of the molecule is O=C(CN1C(=O)C2CCCCN2c2ccc(C(=O)N3CCOCC3)cc21)Nc1ccc(F)cc1. The van der Waals surface area contributed by atoms with Crippen molar-refractivity contribution in [3.63, 3.8) is 0 Å². The molecule has 2 saturated heterocycles. The van der Waals surface area contributed by atoms with E-state index in [1.807, 2.05) is 6.07 Å². The number of benzene rings is 2. The summed E-state index contributed by atoms with van der Waals surface area (Å²) in [5.74, 6) is -1.04. The molecule has 1 N–H and O–H groups in total. The first-order valence-electron chi connectivity index (χ1n) is 11.7. The Kier molecular flexibility index (Phi) is 6.19. The topological polar surface area (TPSA) is 82.2 Å². The summed E-state index contributed by atoms with van der Waals surface area (Å²) in [6, 6.07) is 10.6. The van der Waals surface area contributed by atoms with Crippen molar-refractivity contribution < 1.29 is 23.5 Å². The number of anilines is 3. The van der Waals surface area contributed by atoms with Crippen LogP contribution in [-0.4, -0.2) is 68.1 Å². The molecule has 34 heavy (non-hydrogen) atoms. The first-order valence-corrected chi connectivity index (χ1v) is 11.7. The molecule has 0 radical (unpaired) electrons. The Balaban J connectivity index is 1.44. The fourth-order valence-corrected chi connectivity index (χ4v) is 4.88. The van der Waals surface area contributed by atoms with Gasteiger partial charge in [-0.15, -0.1) is 0 Å². The molecule has 3 aliphatic heterocycles. The monoisotopic (exact) mass is 466 g/mol. The van der Waals surface area contributed by atoms with Gasteiger partial charge in [0.15, 0.2) is 0 Å². The van der Waals surface area contributed by atoms with E-state index in [0.717, 1.165) is 31.5 Å². The zero-order valence-electron chi connectivity index (χ0n) is 18.8. The molecule has 2 fully saturated rings. The van der Waals surface area contributed by atoms with Crippen molar-refractivity contribution in [1.29, 1.82) is 0 Å². The van der Waals surface area contributed by atoms with Gasteiger partial charge in [-0.3, -0.25) is 19.3 Å². The molecular formula is C25H27FN4O4. The number of fused-ring (bicyclic) bond motifs is 3. The van der Waals surface area contributed by atoms with E-state index < -0.39 is 5.82 Å². The molecule has 1 unspecified atom stereocenters. The summed E-state index contributed by atoms with van der Waals surface area (Å²) in [5.41, 5.74) is 2.35. The predicted molar refractivity (Wildman–Crippen MR) is 126 cm³/mol. The zero-order valence-corrected chi connectivity index (χ0v) is 18.8. The Morgan fingerprint density at radius 2 is 1.76 bits per heavy atom. The van der Waals surface area contributed by atoms with E-state index in [1.54, 1.807) is 17.0 Å². The number of carbonyl (C=O) groups excluding carboxylic acids is 3. The molecule has 3 aliphatic rings. The third-order valence-corrected chi connectivity index (χ3v) is 6.60. The van der Waals surface area contributed by atoms with Gasteiger partial charge < -0.3 is 19.9 Å². The Bertz CT molecular complexity index is 1100. The average molecular weight is 467 g/mol. The number of halogens is 1. The summed E-state index contributed by atoms with van der Waals surface area (Å²) in [6.07, 6.45) is 2.66. The number of nitrogens with zero attached hydrogens (tertiary/aromatic N) is 3. The molecule has 1 atom stereocenters. The van der Waals surface area contributed by atoms with Gasteiger partial charge in [0.25, 0.3) is 5.91 Å². The van der Waals surface area contributed by atoms with Gasteiger partial charge in [-0.1, -0.05) is 0 Å². The lowest BCUT2D eigenvalue weighted by molar-refractivity contribution is -0.123. The van der Waals surface area contributed by atoms with E-state index in [-0.39, 0.29) is 30.3 Å². The average Bonchev–Trinajstić information content (AvgIpc) is 2.87. The number of nitrogens with one attached hydrogen (secondary N) is 1. The van der Waals surface area contributed by atoms with Gasteiger partial charge in [0.1, 0.15) is 18.4 Å². The highest BCUT2D eigenvalue weighted by molar-refractivity contribution is 6.11. The van der Waals surface area contributed by atoms with Crippen molar-refractivity contribution in [3.05, 3.63) is 53.8 Å². The van der Waals surface area contributed by atoms with Crippen molar-refractivity contribution in [1.82, 2.24) is 4.90 Å². The molecule has 178 valence electrons. The molecule has 2 aromatic carbocycles. The molecule has 8 nitrogen and oxygen atoms in total. The molecule has 2 aromatic rings. The summed E-state index contributed by atoms with van der Waals surface area (Å²) in [6.45, 7) is 2.61. The van der Waals surface area contributed by atoms with Gasteiger partial charge in [0, 0.05) is 30.9 Å². The van der Waals surface area contributed by atoms with E-state index in [2.05, 4.69) is 10.2 Å². The maximum atomic E-state index is 13.5. The third-order valence-electron chi connectivity index (χ3n) is 6.60. The van der Waals surface area contributed by atoms with Crippen LogP contribution in [0, 0.1) is 5.82 Å². The minimum atomic E-state index is -0.395. The van der Waals surface area contributed by atoms with Crippen LogP contribution in [0.25, 0.3) is 0 Å². The number of ether oxygens (including phenoxy) is 1. The molecule has 0 spiro atoms. The lowest BCUT2D eigenvalue weighted by Gasteiger charge is -2.45. The van der Waals surface area contributed by atoms with Crippen LogP contribution in [0.3, 0.4) is 0 Å². The summed E-state index contributed by atoms with van der Waals surface area (Å²) in [7, 11) is 0. The Morgan fingerprint density at radius 3 is 2.53 bits per heavy atom. The van der Waals surface area contributed by atoms with E-state index in [9.17, 15) is 18.8 Å². The summed E-state index contributed by atoms with van der Waals surface area (Å²) < 4.78 is 18.5. The number of morpholine rings is 1. The van der Waals surface area contributed by atoms with Crippen molar-refractivity contribution in [2.45, 2.75) is 25.3 Å². The maximum Gasteiger partial charge on any atom is 0.254 e. The Morgan fingerprint density at radius 1 is 1.00 bits per heavy atom. The molecule has 9 heteroatoms. The van der Waals surface area contributed by atoms with E-state index in [4.69, 9.17) is 4.74 Å². The number of amides is 3. The quantitative estimate of drug-likeness (QED) is 0.749. The van der Waals surface area contributed by atoms with Gasteiger partial charge in [-0.05, 0) is 61.7 Å². The first-order chi connectivity index (χ1) is 16.5. The van der Waals surface area contributed by atoms with Gasteiger partial charge >= 0.3 is 0 Å². The van der Waals surface area contributed by atoms with Crippen molar-refractivity contribution in [3.8, 4) is 0 Å². The molecular weight excluding hydrogens is 439 g/mol. The third kappa shape index (κ3) is 4.35. The van der Waals surface area contributed by atoms with Gasteiger partial charge in [0.05, 0.1) is 24.6 Å². The zero-order chi connectivity index (χ0) is 23.7. The lowest BCUT2D eigenvalue weighted by atomic mass is 9.95. The number of hydrogen-bond acceptors (Lipinski definition) is 5. The van der Waals surface area contributed by atoms with Crippen LogP contribution in [0.15, 0.2) is 42.5 Å². The molecule has 0 aromatic heterocycles. The van der Waals surface area contributed by atoms with Crippen LogP contribution in [-0.2, 0) is 14.3 Å². The largest absolute Gasteiger partial charge is 0.378 e. The summed E-state index contributed by atoms with van der Waals surface area (Å²) in [4.78, 5) is 44.7. The molecule has 3 amide bonds. The lowest BCUT2D eigenvalue weighted by Crippen LogP contribution is -2.56. The Labute approximate surface area is 197 Å². The van der Waals surface area contributed by atoms with Crippen LogP contribution < -0.4 is 15.1 Å². The number of piperidine rings is 1. The van der Waals surface area contributed by atoms with Crippen LogP contribution >= 0.6 is 0 Å². The first kappa shape index (κ1) is 22.3. The second-order valence-electron chi connectivity index (χ2n) is 8.79. The molecule has 0 saturated carbocycles. The second-order valence-corrected chi connectivity index (χ2v) is 8.79. The number of hydrogen-bond donors (Lipinski definition) is 1. The summed E-state index contributed by atoms with van der Waals surface area (Å²) in [5, 5.41) is 2.73. The van der Waals surface area contributed by atoms with Crippen LogP contribution in [0.2, 0.25) is 0 Å². The van der Waals surface area contributed by atoms with Gasteiger partial charge in [0.2, 0.25) is 11.8 Å². The smallest absolute Gasteiger partial charge is 0.254 e. The molecule has 5 rings (SSSR count). The highest BCUT2D eigenvalue weighted by atomic mass is 19.1. The molecule has 3 heterocycles. The number of rotatable bonds is 4. The van der Waals surface area contributed by atoms with E-state index in [0.29, 0.717) is 43.2 Å². The van der Waals surface area contributed by atoms with Crippen molar-refractivity contribution in [2.24, 2.45) is 0 Å². The van der Waals surface area contributed by atoms with Crippen LogP contribution in [0.5, 0.6) is 0 Å². The van der Waals surface area contributed by atoms with Gasteiger partial charge in [-0.25, -0.2) is 4.39 Å². The normalized spacial score (nSPS) is 20.0. The maximum absolute atomic E-state index is 13.5. The van der Waals surface area contributed by atoms with Gasteiger partial charge in [-0.2, -0.15) is 0 Å². The highest BCUT2D eigenvalue weighted by Crippen LogP contribution is 2.40. The molecule has 0 aliphatic carbocycles. The highest BCUT2D eigenvalue weighted by Gasteiger charge is 2.40. The fourth-order valence-electron chi connectivity index (χ4n) is 4.88. The predicted octanol–water partition coefficient (Wildman–Crippen LogP) is 2.64. The van der Waals surface area contributed by atoms with Crippen LogP contribution in [0.1, 0.15) is 29.6 Å². The minimum absolute atomic E-state index is 0.116. The van der Waals surface area contributed by atoms with Crippen LogP contribution in [0.4, 0.5) is 21.5 Å². The van der Waals surface area contributed by atoms with E-state index in [1.165, 1.54) is 29.2 Å². The van der Waals surface area contributed by atoms with Crippen molar-refractivity contribution in [2.75, 3.05) is 54.5 Å². The fraction of sp³-hybridized carbons (Fsp3) is 0.400.